The maximum atomic E-state index is 11.1. The van der Waals surface area contributed by atoms with E-state index in [1.807, 2.05) is 35.7 Å². The molecule has 1 fully saturated rings. The lowest BCUT2D eigenvalue weighted by Crippen LogP contribution is -2.49. The summed E-state index contributed by atoms with van der Waals surface area (Å²) in [6.45, 7) is 2.81. The number of nitrogens with zero attached hydrogens (tertiary/aromatic N) is 1. The van der Waals surface area contributed by atoms with Crippen LogP contribution in [0.4, 0.5) is 0 Å². The molecule has 2 rings (SSSR count). The number of carboxylic acid groups (broad SMARTS) is 1. The van der Waals surface area contributed by atoms with Gasteiger partial charge >= 0.3 is 5.97 Å². The highest BCUT2D eigenvalue weighted by Gasteiger charge is 2.37. The van der Waals surface area contributed by atoms with E-state index in [0.29, 0.717) is 11.1 Å². The van der Waals surface area contributed by atoms with Crippen LogP contribution in [0.2, 0.25) is 0 Å². The summed E-state index contributed by atoms with van der Waals surface area (Å²) in [7, 11) is 0. The highest BCUT2D eigenvalue weighted by molar-refractivity contribution is 8.00. The molecule has 4 heteroatoms. The summed E-state index contributed by atoms with van der Waals surface area (Å²) in [6, 6.07) is 0. The van der Waals surface area contributed by atoms with Crippen molar-refractivity contribution in [3.63, 3.8) is 0 Å². The minimum Gasteiger partial charge on any atom is -0.477 e. The van der Waals surface area contributed by atoms with Gasteiger partial charge in [0.25, 0.3) is 0 Å². The highest BCUT2D eigenvalue weighted by atomic mass is 32.2. The van der Waals surface area contributed by atoms with Crippen LogP contribution in [0.15, 0.2) is 23.4 Å². The maximum Gasteiger partial charge on any atom is 0.352 e. The van der Waals surface area contributed by atoms with E-state index >= 15 is 0 Å². The zero-order valence-electron chi connectivity index (χ0n) is 8.06. The van der Waals surface area contributed by atoms with Crippen LogP contribution < -0.4 is 0 Å². The van der Waals surface area contributed by atoms with Crippen molar-refractivity contribution in [1.29, 1.82) is 0 Å². The quantitative estimate of drug-likeness (QED) is 0.754. The molecule has 3 nitrogen and oxygen atoms in total. The molecule has 1 N–H and O–H groups in total. The molecule has 1 saturated heterocycles. The summed E-state index contributed by atoms with van der Waals surface area (Å²) in [6.07, 6.45) is 4.93. The topological polar surface area (TPSA) is 40.5 Å². The first-order chi connectivity index (χ1) is 6.74. The first kappa shape index (κ1) is 9.65. The molecule has 14 heavy (non-hydrogen) atoms. The Balaban J connectivity index is 2.34. The molecule has 0 amide bonds. The average Bonchev–Trinajstić information content (AvgIpc) is 2.09. The molecule has 2 aliphatic rings. The van der Waals surface area contributed by atoms with Crippen LogP contribution in [-0.4, -0.2) is 33.6 Å². The molecular formula is C10H13NO2S. The van der Waals surface area contributed by atoms with Crippen LogP contribution in [0.1, 0.15) is 13.3 Å². The molecule has 0 bridgehead atoms. The van der Waals surface area contributed by atoms with Crippen LogP contribution in [0.25, 0.3) is 0 Å². The number of fused-ring (bicyclic) bond motifs is 1. The number of rotatable bonds is 2. The monoisotopic (exact) mass is 211 g/mol. The molecule has 2 aliphatic heterocycles. The van der Waals surface area contributed by atoms with Gasteiger partial charge < -0.3 is 10.0 Å². The van der Waals surface area contributed by atoms with E-state index in [4.69, 9.17) is 5.11 Å². The first-order valence-corrected chi connectivity index (χ1v) is 5.76. The Morgan fingerprint density at radius 2 is 2.50 bits per heavy atom. The van der Waals surface area contributed by atoms with Crippen molar-refractivity contribution in [2.75, 3.05) is 12.3 Å². The van der Waals surface area contributed by atoms with Gasteiger partial charge in [0, 0.05) is 12.3 Å². The van der Waals surface area contributed by atoms with Crippen molar-refractivity contribution < 1.29 is 9.90 Å². The van der Waals surface area contributed by atoms with Gasteiger partial charge in [-0.2, -0.15) is 0 Å². The summed E-state index contributed by atoms with van der Waals surface area (Å²) in [5.41, 5.74) is 1.46. The van der Waals surface area contributed by atoms with Crippen LogP contribution in [0.3, 0.4) is 0 Å². The zero-order chi connectivity index (χ0) is 10.1. The predicted molar refractivity (Wildman–Crippen MR) is 57.0 cm³/mol. The smallest absolute Gasteiger partial charge is 0.352 e. The molecule has 0 aromatic heterocycles. The third-order valence-electron chi connectivity index (χ3n) is 2.56. The molecule has 76 valence electrons. The van der Waals surface area contributed by atoms with Gasteiger partial charge in [-0.3, -0.25) is 0 Å². The van der Waals surface area contributed by atoms with E-state index < -0.39 is 5.97 Å². The lowest BCUT2D eigenvalue weighted by atomic mass is 10.1. The Labute approximate surface area is 87.5 Å². The molecule has 0 spiro atoms. The van der Waals surface area contributed by atoms with Crippen LogP contribution in [-0.2, 0) is 4.79 Å². The third-order valence-corrected chi connectivity index (χ3v) is 3.91. The van der Waals surface area contributed by atoms with Gasteiger partial charge in [0.1, 0.15) is 5.70 Å². The maximum absolute atomic E-state index is 11.1. The van der Waals surface area contributed by atoms with Gasteiger partial charge in [0.2, 0.25) is 0 Å². The molecule has 0 radical (unpaired) electrons. The third kappa shape index (κ3) is 1.43. The summed E-state index contributed by atoms with van der Waals surface area (Å²) >= 11 is 1.84. The first-order valence-electron chi connectivity index (χ1n) is 4.71. The number of aliphatic carboxylic acids is 1. The lowest BCUT2D eigenvalue weighted by Gasteiger charge is -2.45. The number of carboxylic acids is 1. The fraction of sp³-hybridized carbons (Fsp3) is 0.500. The Morgan fingerprint density at radius 1 is 1.71 bits per heavy atom. The second-order valence-corrected chi connectivity index (χ2v) is 4.59. The van der Waals surface area contributed by atoms with Gasteiger partial charge in [0.15, 0.2) is 0 Å². The molecule has 0 aliphatic carbocycles. The van der Waals surface area contributed by atoms with E-state index in [1.165, 1.54) is 0 Å². The molecular weight excluding hydrogens is 198 g/mol. The van der Waals surface area contributed by atoms with E-state index in [1.54, 1.807) is 0 Å². The fourth-order valence-electron chi connectivity index (χ4n) is 1.82. The van der Waals surface area contributed by atoms with E-state index in [0.717, 1.165) is 24.3 Å². The number of allylic oxidation sites excluding steroid dienone is 2. The largest absolute Gasteiger partial charge is 0.477 e. The summed E-state index contributed by atoms with van der Waals surface area (Å²) < 4.78 is 0. The number of thioether (sulfide) groups is 1. The minimum atomic E-state index is -0.789. The summed E-state index contributed by atoms with van der Waals surface area (Å²) in [5, 5.41) is 9.53. The Kier molecular flexibility index (Phi) is 2.54. The van der Waals surface area contributed by atoms with Crippen molar-refractivity contribution >= 4 is 17.7 Å². The van der Waals surface area contributed by atoms with Crippen molar-refractivity contribution in [3.8, 4) is 0 Å². The van der Waals surface area contributed by atoms with Crippen molar-refractivity contribution in [2.24, 2.45) is 0 Å². The minimum absolute atomic E-state index is 0.412. The zero-order valence-corrected chi connectivity index (χ0v) is 8.88. The van der Waals surface area contributed by atoms with Crippen LogP contribution in [0, 0.1) is 0 Å². The Morgan fingerprint density at radius 3 is 3.00 bits per heavy atom. The van der Waals surface area contributed by atoms with Gasteiger partial charge in [0.05, 0.1) is 5.37 Å². The molecule has 1 unspecified atom stereocenters. The van der Waals surface area contributed by atoms with Crippen molar-refractivity contribution in [2.45, 2.75) is 18.7 Å². The van der Waals surface area contributed by atoms with Gasteiger partial charge in [-0.05, 0) is 18.9 Å². The summed E-state index contributed by atoms with van der Waals surface area (Å²) in [4.78, 5) is 13.1. The van der Waals surface area contributed by atoms with E-state index in [2.05, 4.69) is 0 Å². The number of hydrogen-bond donors (Lipinski definition) is 1. The second-order valence-electron chi connectivity index (χ2n) is 3.43. The number of carbonyl (C=O) groups is 1. The van der Waals surface area contributed by atoms with Crippen LogP contribution in [0.5, 0.6) is 0 Å². The SMILES string of the molecule is C/C=C\C1=C(C(=O)O)N2CCC2SC1. The van der Waals surface area contributed by atoms with Crippen LogP contribution >= 0.6 is 11.8 Å². The molecule has 0 aromatic carbocycles. The van der Waals surface area contributed by atoms with Crippen molar-refractivity contribution in [1.82, 2.24) is 4.90 Å². The van der Waals surface area contributed by atoms with Gasteiger partial charge in [-0.25, -0.2) is 4.79 Å². The van der Waals surface area contributed by atoms with Gasteiger partial charge in [-0.1, -0.05) is 12.2 Å². The lowest BCUT2D eigenvalue weighted by molar-refractivity contribution is -0.135. The predicted octanol–water partition coefficient (Wildman–Crippen LogP) is 1.68. The highest BCUT2D eigenvalue weighted by Crippen LogP contribution is 2.39. The molecule has 0 saturated carbocycles. The molecule has 1 atom stereocenters. The van der Waals surface area contributed by atoms with Gasteiger partial charge in [-0.15, -0.1) is 11.8 Å². The standard InChI is InChI=1S/C10H13NO2S/c1-2-3-7-6-14-8-4-5-11(8)9(7)10(12)13/h2-3,8H,4-6H2,1H3,(H,12,13)/b3-2-. The Bertz CT molecular complexity index is 322. The normalized spacial score (nSPS) is 26.4. The van der Waals surface area contributed by atoms with Crippen molar-refractivity contribution in [3.05, 3.63) is 23.4 Å². The van der Waals surface area contributed by atoms with E-state index in [9.17, 15) is 4.79 Å². The second kappa shape index (κ2) is 3.69. The fourth-order valence-corrected chi connectivity index (χ4v) is 3.09. The summed E-state index contributed by atoms with van der Waals surface area (Å²) in [5.74, 6) is 0.0377. The Hall–Kier alpha value is -0.900. The molecule has 2 heterocycles. The average molecular weight is 211 g/mol. The number of hydrogen-bond acceptors (Lipinski definition) is 3. The molecule has 0 aromatic rings. The van der Waals surface area contributed by atoms with E-state index in [-0.39, 0.29) is 0 Å².